The van der Waals surface area contributed by atoms with E-state index in [2.05, 4.69) is 15.9 Å². The van der Waals surface area contributed by atoms with Gasteiger partial charge in [-0.05, 0) is 59.1 Å². The number of carbonyl (C=O) groups is 2. The number of sulfonamides is 1. The number of ether oxygens (including phenoxy) is 1. The number of amides is 1. The lowest BCUT2D eigenvalue weighted by molar-refractivity contribution is -0.122. The molecule has 0 radical (unpaired) electrons. The molecule has 8 nitrogen and oxygen atoms in total. The van der Waals surface area contributed by atoms with Gasteiger partial charge in [0.15, 0.2) is 6.61 Å². The van der Waals surface area contributed by atoms with Gasteiger partial charge in [0.25, 0.3) is 15.9 Å². The number of hydrogen-bond donors (Lipinski definition) is 0. The lowest BCUT2D eigenvalue weighted by atomic mass is 9.93. The summed E-state index contributed by atoms with van der Waals surface area (Å²) < 4.78 is 31.4. The van der Waals surface area contributed by atoms with Crippen molar-refractivity contribution in [1.29, 1.82) is 0 Å². The molecule has 0 bridgehead atoms. The lowest BCUT2D eigenvalue weighted by Crippen LogP contribution is -2.43. The molecule has 1 aliphatic rings. The van der Waals surface area contributed by atoms with Gasteiger partial charge in [-0.3, -0.25) is 9.63 Å². The van der Waals surface area contributed by atoms with E-state index in [4.69, 9.17) is 9.57 Å². The van der Waals surface area contributed by atoms with E-state index in [1.165, 1.54) is 32.4 Å². The highest BCUT2D eigenvalue weighted by atomic mass is 79.9. The van der Waals surface area contributed by atoms with Crippen molar-refractivity contribution in [2.75, 3.05) is 25.7 Å². The summed E-state index contributed by atoms with van der Waals surface area (Å²) in [5.74, 6) is -1.12. The maximum atomic E-state index is 13.1. The number of carbonyl (C=O) groups excluding carboxylic acids is 2. The fraction of sp³-hybridized carbons (Fsp3) is 0.391. The minimum Gasteiger partial charge on any atom is -0.452 e. The number of rotatable bonds is 8. The molecule has 0 atom stereocenters. The van der Waals surface area contributed by atoms with E-state index in [-0.39, 0.29) is 22.4 Å². The van der Waals surface area contributed by atoms with E-state index < -0.39 is 22.6 Å². The average Bonchev–Trinajstić information content (AvgIpc) is 2.83. The van der Waals surface area contributed by atoms with Crippen LogP contribution in [-0.4, -0.2) is 51.6 Å². The van der Waals surface area contributed by atoms with E-state index in [0.29, 0.717) is 8.94 Å². The number of hydrogen-bond acceptors (Lipinski definition) is 6. The van der Waals surface area contributed by atoms with Crippen molar-refractivity contribution in [3.63, 3.8) is 0 Å². The molecule has 178 valence electrons. The van der Waals surface area contributed by atoms with Gasteiger partial charge in [-0.1, -0.05) is 41.9 Å². The van der Waals surface area contributed by atoms with Gasteiger partial charge in [0.1, 0.15) is 0 Å². The van der Waals surface area contributed by atoms with Crippen LogP contribution in [0.2, 0.25) is 0 Å². The lowest BCUT2D eigenvalue weighted by Gasteiger charge is -2.34. The number of halogens is 1. The SMILES string of the molecule is CON(C)S(=O)(=O)c1ccc(Br)c(C(=O)OCC(=O)N(c2ccccc2)C2CCCCC2)c1. The zero-order valence-electron chi connectivity index (χ0n) is 18.6. The number of benzene rings is 2. The summed E-state index contributed by atoms with van der Waals surface area (Å²) in [5, 5.41) is 0. The first kappa shape index (κ1) is 25.4. The molecule has 0 unspecified atom stereocenters. The van der Waals surface area contributed by atoms with Crippen LogP contribution < -0.4 is 4.90 Å². The Hall–Kier alpha value is -2.27. The molecule has 0 N–H and O–H groups in total. The van der Waals surface area contributed by atoms with Crippen LogP contribution in [0, 0.1) is 0 Å². The molecule has 1 fully saturated rings. The molecule has 2 aromatic rings. The third kappa shape index (κ3) is 6.00. The summed E-state index contributed by atoms with van der Waals surface area (Å²) in [6, 6.07) is 13.4. The first-order chi connectivity index (χ1) is 15.8. The van der Waals surface area contributed by atoms with Gasteiger partial charge in [0.2, 0.25) is 0 Å². The van der Waals surface area contributed by atoms with Gasteiger partial charge in [0, 0.05) is 23.2 Å². The Bertz CT molecular complexity index is 1090. The number of hydroxylamine groups is 1. The third-order valence-corrected chi connectivity index (χ3v) is 7.99. The first-order valence-electron chi connectivity index (χ1n) is 10.6. The molecule has 0 heterocycles. The van der Waals surface area contributed by atoms with Crippen LogP contribution in [0.5, 0.6) is 0 Å². The van der Waals surface area contributed by atoms with Gasteiger partial charge in [-0.15, -0.1) is 0 Å². The second-order valence-electron chi connectivity index (χ2n) is 7.71. The van der Waals surface area contributed by atoms with Crippen molar-refractivity contribution in [2.24, 2.45) is 0 Å². The molecule has 1 saturated carbocycles. The molecule has 10 heteroatoms. The maximum absolute atomic E-state index is 13.1. The summed E-state index contributed by atoms with van der Waals surface area (Å²) in [4.78, 5) is 32.3. The standard InChI is InChI=1S/C23H27BrN2O6S/c1-25(31-2)33(29,30)19-13-14-21(24)20(15-19)23(28)32-16-22(27)26(17-9-5-3-6-10-17)18-11-7-4-8-12-18/h3,5-6,9-10,13-15,18H,4,7-8,11-12,16H2,1-2H3. The molecule has 0 spiro atoms. The third-order valence-electron chi connectivity index (χ3n) is 5.62. The van der Waals surface area contributed by atoms with E-state index in [0.717, 1.165) is 37.8 Å². The number of para-hydroxylation sites is 1. The fourth-order valence-electron chi connectivity index (χ4n) is 3.83. The minimum atomic E-state index is -3.95. The Morgan fingerprint density at radius 2 is 1.73 bits per heavy atom. The van der Waals surface area contributed by atoms with Crippen LogP contribution in [0.1, 0.15) is 42.5 Å². The molecular formula is C23H27BrN2O6S. The van der Waals surface area contributed by atoms with Gasteiger partial charge in [0.05, 0.1) is 17.6 Å². The normalized spacial score (nSPS) is 14.8. The second-order valence-corrected chi connectivity index (χ2v) is 10.5. The zero-order valence-corrected chi connectivity index (χ0v) is 21.0. The van der Waals surface area contributed by atoms with E-state index in [1.54, 1.807) is 4.90 Å². The summed E-state index contributed by atoms with van der Waals surface area (Å²) in [6.45, 7) is -0.453. The number of anilines is 1. The summed E-state index contributed by atoms with van der Waals surface area (Å²) >= 11 is 3.25. The highest BCUT2D eigenvalue weighted by Gasteiger charge is 2.28. The number of nitrogens with zero attached hydrogens (tertiary/aromatic N) is 2. The summed E-state index contributed by atoms with van der Waals surface area (Å²) in [7, 11) is -1.48. The molecule has 0 aromatic heterocycles. The van der Waals surface area contributed by atoms with Crippen LogP contribution in [-0.2, 0) is 24.4 Å². The van der Waals surface area contributed by atoms with E-state index >= 15 is 0 Å². The minimum absolute atomic E-state index is 0.00249. The Balaban J connectivity index is 1.77. The average molecular weight is 539 g/mol. The summed E-state index contributed by atoms with van der Waals surface area (Å²) in [6.07, 6.45) is 5.03. The van der Waals surface area contributed by atoms with E-state index in [9.17, 15) is 18.0 Å². The van der Waals surface area contributed by atoms with Crippen LogP contribution >= 0.6 is 15.9 Å². The molecular weight excluding hydrogens is 512 g/mol. The van der Waals surface area contributed by atoms with Crippen molar-refractivity contribution in [1.82, 2.24) is 4.47 Å². The Kier molecular flexibility index (Phi) is 8.63. The van der Waals surface area contributed by atoms with E-state index in [1.807, 2.05) is 30.3 Å². The van der Waals surface area contributed by atoms with Crippen molar-refractivity contribution in [2.45, 2.75) is 43.0 Å². The Morgan fingerprint density at radius 1 is 1.06 bits per heavy atom. The first-order valence-corrected chi connectivity index (χ1v) is 12.9. The molecule has 1 aliphatic carbocycles. The molecule has 33 heavy (non-hydrogen) atoms. The number of esters is 1. The van der Waals surface area contributed by atoms with Crippen molar-refractivity contribution in [3.05, 3.63) is 58.6 Å². The fourth-order valence-corrected chi connectivity index (χ4v) is 5.24. The van der Waals surface area contributed by atoms with Crippen LogP contribution in [0.4, 0.5) is 5.69 Å². The predicted octanol–water partition coefficient (Wildman–Crippen LogP) is 4.15. The van der Waals surface area contributed by atoms with Crippen molar-refractivity contribution in [3.8, 4) is 0 Å². The monoisotopic (exact) mass is 538 g/mol. The second kappa shape index (κ2) is 11.2. The molecule has 3 rings (SSSR count). The molecule has 1 amide bonds. The highest BCUT2D eigenvalue weighted by Crippen LogP contribution is 2.28. The Morgan fingerprint density at radius 3 is 2.36 bits per heavy atom. The quantitative estimate of drug-likeness (QED) is 0.370. The largest absolute Gasteiger partial charge is 0.452 e. The van der Waals surface area contributed by atoms with Crippen LogP contribution in [0.25, 0.3) is 0 Å². The van der Waals surface area contributed by atoms with Gasteiger partial charge in [-0.2, -0.15) is 0 Å². The maximum Gasteiger partial charge on any atom is 0.339 e. The van der Waals surface area contributed by atoms with Crippen LogP contribution in [0.15, 0.2) is 57.9 Å². The Labute approximate surface area is 202 Å². The molecule has 2 aromatic carbocycles. The topological polar surface area (TPSA) is 93.2 Å². The predicted molar refractivity (Wildman–Crippen MR) is 127 cm³/mol. The smallest absolute Gasteiger partial charge is 0.339 e. The van der Waals surface area contributed by atoms with Crippen molar-refractivity contribution >= 4 is 43.5 Å². The van der Waals surface area contributed by atoms with Gasteiger partial charge >= 0.3 is 5.97 Å². The van der Waals surface area contributed by atoms with Crippen molar-refractivity contribution < 1.29 is 27.6 Å². The highest BCUT2D eigenvalue weighted by molar-refractivity contribution is 9.10. The van der Waals surface area contributed by atoms with Crippen LogP contribution in [0.3, 0.4) is 0 Å². The summed E-state index contributed by atoms with van der Waals surface area (Å²) in [5.41, 5.74) is 0.764. The molecule has 0 saturated heterocycles. The van der Waals surface area contributed by atoms with Gasteiger partial charge in [-0.25, -0.2) is 13.2 Å². The zero-order chi connectivity index (χ0) is 24.0. The molecule has 0 aliphatic heterocycles. The van der Waals surface area contributed by atoms with Gasteiger partial charge < -0.3 is 9.64 Å².